The Balaban J connectivity index is 0.825. The van der Waals surface area contributed by atoms with Gasteiger partial charge in [0.25, 0.3) is 0 Å². The standard InChI is InChI=1S/C70H89N5O17/c71-21-25-83-29-33-87-37-41-91-45-43-90-40-36-86-32-28-82-24-20-64(78)74-60(47-56-13-11-54-9-7-50-3-1-5-52-15-17-58(56)68(54)66(50)52)62(76)49-65(79)75-61(48-57-14-12-55-10-8-51-4-2-6-53-16-18-59(57)69(55)67(51)53)70(80)73-22-26-84-30-34-88-38-42-92-46-44-89-39-35-85-31-27-81-23-19-63(72)77/h1-18,60-61H,19-49,71H2,(H2,72,77)(H,73,80)(H,74,78)(H,75,79)/t60-,61-/m1/s1. The van der Waals surface area contributed by atoms with Gasteiger partial charge in [0.15, 0.2) is 5.78 Å². The van der Waals surface area contributed by atoms with Crippen LogP contribution in [-0.2, 0) is 93.7 Å². The molecule has 0 aliphatic carbocycles. The molecule has 0 bridgehead atoms. The van der Waals surface area contributed by atoms with Crippen LogP contribution < -0.4 is 27.4 Å². The van der Waals surface area contributed by atoms with Crippen LogP contribution in [0.3, 0.4) is 0 Å². The minimum absolute atomic E-state index is 0.0465. The minimum Gasteiger partial charge on any atom is -0.379 e. The zero-order valence-electron chi connectivity index (χ0n) is 52.6. The second-order valence-corrected chi connectivity index (χ2v) is 21.8. The molecule has 0 aromatic heterocycles. The molecule has 0 heterocycles. The number of ketones is 1. The Hall–Kier alpha value is -7.13. The number of Topliss-reactive ketones (excluding diaryl/α,β-unsaturated/α-hetero) is 1. The highest BCUT2D eigenvalue weighted by Gasteiger charge is 2.28. The van der Waals surface area contributed by atoms with E-state index in [1.165, 1.54) is 0 Å². The topological polar surface area (TPSA) is 284 Å². The SMILES string of the molecule is NCCOCCOCCOCCOCCOCCOCCC(=O)N[C@H](Cc1ccc2ccc3cccc4ccc1c2c34)C(=O)CC(=O)N[C@H](Cc1ccc2ccc3cccc4ccc1c2c34)C(=O)NCCOCCOCCOCCOCCOCCOCCC(N)=O. The van der Waals surface area contributed by atoms with Crippen molar-refractivity contribution in [3.63, 3.8) is 0 Å². The molecule has 0 saturated carbocycles. The second kappa shape index (κ2) is 40.1. The van der Waals surface area contributed by atoms with Crippen LogP contribution in [-0.4, -0.2) is 213 Å². The normalized spacial score (nSPS) is 12.5. The molecule has 0 radical (unpaired) electrons. The van der Waals surface area contributed by atoms with E-state index in [0.29, 0.717) is 125 Å². The average molecular weight is 1270 g/mol. The number of hydrogen-bond acceptors (Lipinski definition) is 18. The molecule has 0 unspecified atom stereocenters. The highest BCUT2D eigenvalue weighted by atomic mass is 16.6. The van der Waals surface area contributed by atoms with E-state index in [0.717, 1.165) is 75.8 Å². The summed E-state index contributed by atoms with van der Waals surface area (Å²) in [4.78, 5) is 67.9. The van der Waals surface area contributed by atoms with Gasteiger partial charge in [0.1, 0.15) is 6.04 Å². The molecule has 8 aromatic rings. The van der Waals surface area contributed by atoms with E-state index in [9.17, 15) is 24.0 Å². The summed E-state index contributed by atoms with van der Waals surface area (Å²) in [5, 5.41) is 21.5. The van der Waals surface area contributed by atoms with Crippen LogP contribution in [0.4, 0.5) is 0 Å². The summed E-state index contributed by atoms with van der Waals surface area (Å²) in [5.41, 5.74) is 12.2. The molecule has 7 N–H and O–H groups in total. The third-order valence-corrected chi connectivity index (χ3v) is 15.3. The van der Waals surface area contributed by atoms with Gasteiger partial charge in [-0.2, -0.15) is 0 Å². The number of ether oxygens (including phenoxy) is 12. The van der Waals surface area contributed by atoms with Gasteiger partial charge < -0.3 is 84.3 Å². The fraction of sp³-hybridized carbons (Fsp3) is 0.471. The van der Waals surface area contributed by atoms with Gasteiger partial charge >= 0.3 is 0 Å². The van der Waals surface area contributed by atoms with Crippen molar-refractivity contribution < 1.29 is 80.8 Å². The lowest BCUT2D eigenvalue weighted by atomic mass is 9.89. The summed E-state index contributed by atoms with van der Waals surface area (Å²) in [5.74, 6) is -2.47. The summed E-state index contributed by atoms with van der Waals surface area (Å²) in [6, 6.07) is 34.8. The summed E-state index contributed by atoms with van der Waals surface area (Å²) in [6.07, 6.45) is -0.247. The van der Waals surface area contributed by atoms with Gasteiger partial charge in [-0.3, -0.25) is 24.0 Å². The van der Waals surface area contributed by atoms with Gasteiger partial charge in [-0.15, -0.1) is 0 Å². The maximum absolute atomic E-state index is 14.7. The van der Waals surface area contributed by atoms with E-state index < -0.39 is 47.9 Å². The predicted molar refractivity (Wildman–Crippen MR) is 352 cm³/mol. The fourth-order valence-corrected chi connectivity index (χ4v) is 10.8. The molecule has 496 valence electrons. The summed E-state index contributed by atoms with van der Waals surface area (Å²) in [7, 11) is 0. The smallest absolute Gasteiger partial charge is 0.243 e. The molecule has 0 aliphatic rings. The van der Waals surface area contributed by atoms with Crippen LogP contribution in [0.2, 0.25) is 0 Å². The van der Waals surface area contributed by atoms with E-state index in [-0.39, 0.29) is 71.9 Å². The van der Waals surface area contributed by atoms with Gasteiger partial charge in [0.05, 0.1) is 171 Å². The Morgan fingerprint density at radius 2 is 0.674 bits per heavy atom. The molecule has 22 heteroatoms. The molecule has 0 saturated heterocycles. The highest BCUT2D eigenvalue weighted by Crippen LogP contribution is 2.38. The van der Waals surface area contributed by atoms with Gasteiger partial charge in [-0.05, 0) is 75.8 Å². The van der Waals surface area contributed by atoms with E-state index in [1.807, 2.05) is 42.5 Å². The summed E-state index contributed by atoms with van der Waals surface area (Å²) < 4.78 is 66.4. The number of benzene rings is 8. The average Bonchev–Trinajstić information content (AvgIpc) is 0.756. The molecular formula is C70H89N5O17. The van der Waals surface area contributed by atoms with Crippen molar-refractivity contribution in [2.24, 2.45) is 11.5 Å². The number of nitrogens with one attached hydrogen (secondary N) is 3. The zero-order valence-corrected chi connectivity index (χ0v) is 52.6. The second-order valence-electron chi connectivity index (χ2n) is 21.8. The van der Waals surface area contributed by atoms with Gasteiger partial charge in [-0.1, -0.05) is 109 Å². The third-order valence-electron chi connectivity index (χ3n) is 15.3. The zero-order chi connectivity index (χ0) is 64.4. The van der Waals surface area contributed by atoms with Crippen molar-refractivity contribution in [1.29, 1.82) is 0 Å². The molecule has 2 atom stereocenters. The van der Waals surface area contributed by atoms with E-state index >= 15 is 0 Å². The number of carbonyl (C=O) groups is 5. The van der Waals surface area contributed by atoms with E-state index in [1.54, 1.807) is 0 Å². The van der Waals surface area contributed by atoms with Crippen LogP contribution >= 0.6 is 0 Å². The van der Waals surface area contributed by atoms with Crippen molar-refractivity contribution in [3.8, 4) is 0 Å². The van der Waals surface area contributed by atoms with Crippen LogP contribution in [0.1, 0.15) is 30.4 Å². The first-order valence-corrected chi connectivity index (χ1v) is 31.8. The molecule has 92 heavy (non-hydrogen) atoms. The maximum Gasteiger partial charge on any atom is 0.243 e. The van der Waals surface area contributed by atoms with E-state index in [2.05, 4.69) is 82.7 Å². The number of nitrogens with two attached hydrogens (primary N) is 2. The largest absolute Gasteiger partial charge is 0.379 e. The van der Waals surface area contributed by atoms with Crippen molar-refractivity contribution in [1.82, 2.24) is 16.0 Å². The molecule has 22 nitrogen and oxygen atoms in total. The molecular weight excluding hydrogens is 1180 g/mol. The molecule has 4 amide bonds. The van der Waals surface area contributed by atoms with Crippen molar-refractivity contribution in [2.75, 3.05) is 172 Å². The lowest BCUT2D eigenvalue weighted by Crippen LogP contribution is -2.50. The predicted octanol–water partition coefficient (Wildman–Crippen LogP) is 5.74. The van der Waals surface area contributed by atoms with Crippen LogP contribution in [0.15, 0.2) is 109 Å². The van der Waals surface area contributed by atoms with E-state index in [4.69, 9.17) is 68.3 Å². The van der Waals surface area contributed by atoms with Gasteiger partial charge in [0.2, 0.25) is 23.6 Å². The van der Waals surface area contributed by atoms with Gasteiger partial charge in [0, 0.05) is 38.8 Å². The van der Waals surface area contributed by atoms with Crippen LogP contribution in [0.25, 0.3) is 64.6 Å². The Morgan fingerprint density at radius 3 is 1.08 bits per heavy atom. The monoisotopic (exact) mass is 1270 g/mol. The lowest BCUT2D eigenvalue weighted by molar-refractivity contribution is -0.134. The summed E-state index contributed by atoms with van der Waals surface area (Å²) >= 11 is 0. The number of carbonyl (C=O) groups excluding carboxylic acids is 5. The Kier molecular flexibility index (Phi) is 30.8. The molecule has 0 fully saturated rings. The van der Waals surface area contributed by atoms with Crippen molar-refractivity contribution in [2.45, 2.75) is 44.2 Å². The van der Waals surface area contributed by atoms with Crippen molar-refractivity contribution >= 4 is 94.0 Å². The quantitative estimate of drug-likeness (QED) is 0.0173. The van der Waals surface area contributed by atoms with Crippen molar-refractivity contribution in [3.05, 3.63) is 120 Å². The number of amides is 4. The molecule has 0 spiro atoms. The first kappa shape index (κ1) is 70.7. The third kappa shape index (κ3) is 22.9. The highest BCUT2D eigenvalue weighted by molar-refractivity contribution is 6.24. The first-order valence-electron chi connectivity index (χ1n) is 31.8. The number of primary amides is 1. The minimum atomic E-state index is -1.10. The Bertz CT molecular complexity index is 3480. The Labute approximate surface area is 536 Å². The van der Waals surface area contributed by atoms with Crippen LogP contribution in [0.5, 0.6) is 0 Å². The number of rotatable bonds is 51. The molecule has 0 aliphatic heterocycles. The maximum atomic E-state index is 14.7. The lowest BCUT2D eigenvalue weighted by Gasteiger charge is -2.22. The molecule has 8 aromatic carbocycles. The fourth-order valence-electron chi connectivity index (χ4n) is 10.8. The Morgan fingerprint density at radius 1 is 0.348 bits per heavy atom. The van der Waals surface area contributed by atoms with Gasteiger partial charge in [-0.25, -0.2) is 0 Å². The first-order chi connectivity index (χ1) is 45.2. The van der Waals surface area contributed by atoms with Crippen LogP contribution in [0, 0.1) is 0 Å². The summed E-state index contributed by atoms with van der Waals surface area (Å²) in [6.45, 7) is 9.33. The number of hydrogen-bond donors (Lipinski definition) is 5. The molecule has 8 rings (SSSR count).